The lowest BCUT2D eigenvalue weighted by atomic mass is 9.91. The number of hydrogen-bond donors (Lipinski definition) is 0. The highest BCUT2D eigenvalue weighted by Gasteiger charge is 2.27. The van der Waals surface area contributed by atoms with Gasteiger partial charge in [-0.1, -0.05) is 13.8 Å². The summed E-state index contributed by atoms with van der Waals surface area (Å²) < 4.78 is 0. The third-order valence-corrected chi connectivity index (χ3v) is 2.14. The first-order chi connectivity index (χ1) is 4.61. The van der Waals surface area contributed by atoms with E-state index in [0.29, 0.717) is 5.78 Å². The number of piperidine rings is 1. The van der Waals surface area contributed by atoms with Gasteiger partial charge in [0, 0.05) is 24.9 Å². The number of carbonyl (C=O) groups excluding carboxylic acids is 1. The molecule has 0 aromatic rings. The lowest BCUT2D eigenvalue weighted by molar-refractivity contribution is -0.129. The molecule has 1 saturated heterocycles. The quantitative estimate of drug-likeness (QED) is 0.496. The van der Waals surface area contributed by atoms with Crippen LogP contribution in [-0.4, -0.2) is 30.8 Å². The Hall–Kier alpha value is -0.370. The molecule has 1 heterocycles. The molecule has 2 heteroatoms. The van der Waals surface area contributed by atoms with E-state index in [1.807, 2.05) is 13.8 Å². The molecule has 2 atom stereocenters. The van der Waals surface area contributed by atoms with E-state index in [1.54, 1.807) is 0 Å². The van der Waals surface area contributed by atoms with Crippen LogP contribution in [-0.2, 0) is 4.79 Å². The van der Waals surface area contributed by atoms with Crippen LogP contribution in [0.3, 0.4) is 0 Å². The van der Waals surface area contributed by atoms with E-state index in [2.05, 4.69) is 11.9 Å². The van der Waals surface area contributed by atoms with Crippen molar-refractivity contribution < 1.29 is 4.79 Å². The Morgan fingerprint density at radius 3 is 2.10 bits per heavy atom. The molecule has 2 unspecified atom stereocenters. The number of carbonyl (C=O) groups is 1. The monoisotopic (exact) mass is 141 g/mol. The molecule has 0 aromatic heterocycles. The van der Waals surface area contributed by atoms with Crippen molar-refractivity contribution in [2.24, 2.45) is 11.8 Å². The predicted octanol–water partition coefficient (Wildman–Crippen LogP) is 0.773. The fourth-order valence-electron chi connectivity index (χ4n) is 1.68. The molecule has 0 spiro atoms. The highest BCUT2D eigenvalue weighted by molar-refractivity contribution is 5.83. The number of likely N-dealkylation sites (tertiary alicyclic amines) is 1. The van der Waals surface area contributed by atoms with Crippen molar-refractivity contribution in [1.82, 2.24) is 4.90 Å². The Labute approximate surface area is 62.2 Å². The smallest absolute Gasteiger partial charge is 0.141 e. The van der Waals surface area contributed by atoms with E-state index in [-0.39, 0.29) is 11.8 Å². The maximum atomic E-state index is 11.2. The molecule has 0 bridgehead atoms. The normalized spacial score (nSPS) is 36.5. The zero-order chi connectivity index (χ0) is 7.72. The van der Waals surface area contributed by atoms with Crippen LogP contribution in [0.1, 0.15) is 13.8 Å². The van der Waals surface area contributed by atoms with Crippen LogP contribution in [0.25, 0.3) is 0 Å². The summed E-state index contributed by atoms with van der Waals surface area (Å²) >= 11 is 0. The Morgan fingerprint density at radius 2 is 1.70 bits per heavy atom. The summed E-state index contributed by atoms with van der Waals surface area (Å²) in [5.74, 6) is 0.917. The molecule has 0 aliphatic carbocycles. The van der Waals surface area contributed by atoms with Gasteiger partial charge in [0.05, 0.1) is 0 Å². The highest BCUT2D eigenvalue weighted by atomic mass is 16.1. The van der Waals surface area contributed by atoms with Crippen LogP contribution in [0.4, 0.5) is 0 Å². The van der Waals surface area contributed by atoms with E-state index >= 15 is 0 Å². The summed E-state index contributed by atoms with van der Waals surface area (Å²) in [6.45, 7) is 5.88. The fourth-order valence-corrected chi connectivity index (χ4v) is 1.68. The van der Waals surface area contributed by atoms with Gasteiger partial charge in [-0.05, 0) is 7.05 Å². The van der Waals surface area contributed by atoms with Crippen LogP contribution < -0.4 is 0 Å². The predicted molar refractivity (Wildman–Crippen MR) is 40.8 cm³/mol. The molecule has 0 amide bonds. The zero-order valence-electron chi connectivity index (χ0n) is 6.92. The third-order valence-electron chi connectivity index (χ3n) is 2.14. The van der Waals surface area contributed by atoms with Crippen LogP contribution in [0, 0.1) is 11.8 Å². The van der Waals surface area contributed by atoms with Crippen molar-refractivity contribution in [1.29, 1.82) is 0 Å². The summed E-state index contributed by atoms with van der Waals surface area (Å²) in [7, 11) is 2.07. The van der Waals surface area contributed by atoms with Crippen LogP contribution in [0.5, 0.6) is 0 Å². The van der Waals surface area contributed by atoms with Gasteiger partial charge in [0.2, 0.25) is 0 Å². The van der Waals surface area contributed by atoms with E-state index in [4.69, 9.17) is 0 Å². The summed E-state index contributed by atoms with van der Waals surface area (Å²) in [4.78, 5) is 13.5. The largest absolute Gasteiger partial charge is 0.305 e. The van der Waals surface area contributed by atoms with Crippen molar-refractivity contribution in [3.8, 4) is 0 Å². The molecule has 1 rings (SSSR count). The summed E-state index contributed by atoms with van der Waals surface area (Å²) in [5.41, 5.74) is 0. The molecule has 0 radical (unpaired) electrons. The van der Waals surface area contributed by atoms with Crippen LogP contribution in [0.15, 0.2) is 0 Å². The van der Waals surface area contributed by atoms with Gasteiger partial charge in [-0.3, -0.25) is 4.79 Å². The van der Waals surface area contributed by atoms with Gasteiger partial charge < -0.3 is 4.90 Å². The first kappa shape index (κ1) is 7.73. The fraction of sp³-hybridized carbons (Fsp3) is 0.875. The molecule has 1 aliphatic rings. The zero-order valence-corrected chi connectivity index (χ0v) is 6.92. The van der Waals surface area contributed by atoms with Crippen molar-refractivity contribution in [2.45, 2.75) is 13.8 Å². The first-order valence-electron chi connectivity index (χ1n) is 3.83. The average Bonchev–Trinajstić information content (AvgIpc) is 1.82. The van der Waals surface area contributed by atoms with E-state index in [9.17, 15) is 4.79 Å². The molecular weight excluding hydrogens is 126 g/mol. The molecule has 1 aliphatic heterocycles. The summed E-state index contributed by atoms with van der Waals surface area (Å²) in [5, 5.41) is 0. The lowest BCUT2D eigenvalue weighted by Crippen LogP contribution is -2.42. The highest BCUT2D eigenvalue weighted by Crippen LogP contribution is 2.15. The molecule has 0 N–H and O–H groups in total. The van der Waals surface area contributed by atoms with E-state index in [1.165, 1.54) is 0 Å². The SMILES string of the molecule is CC1CN(C)CC(C)C1=O. The van der Waals surface area contributed by atoms with Gasteiger partial charge in [0.1, 0.15) is 5.78 Å². The summed E-state index contributed by atoms with van der Waals surface area (Å²) in [6.07, 6.45) is 0. The minimum atomic E-state index is 0.244. The molecule has 2 nitrogen and oxygen atoms in total. The van der Waals surface area contributed by atoms with E-state index < -0.39 is 0 Å². The molecule has 0 aromatic carbocycles. The number of ketones is 1. The standard InChI is InChI=1S/C8H15NO/c1-6-4-9(3)5-7(2)8(6)10/h6-7H,4-5H2,1-3H3. The van der Waals surface area contributed by atoms with Gasteiger partial charge >= 0.3 is 0 Å². The molecule has 58 valence electrons. The van der Waals surface area contributed by atoms with Gasteiger partial charge in [-0.2, -0.15) is 0 Å². The van der Waals surface area contributed by atoms with Gasteiger partial charge in [0.15, 0.2) is 0 Å². The molecule has 10 heavy (non-hydrogen) atoms. The summed E-state index contributed by atoms with van der Waals surface area (Å²) in [6, 6.07) is 0. The minimum Gasteiger partial charge on any atom is -0.305 e. The maximum Gasteiger partial charge on any atom is 0.141 e. The Morgan fingerprint density at radius 1 is 1.30 bits per heavy atom. The van der Waals surface area contributed by atoms with Crippen molar-refractivity contribution in [3.63, 3.8) is 0 Å². The van der Waals surface area contributed by atoms with Crippen LogP contribution in [0.2, 0.25) is 0 Å². The van der Waals surface area contributed by atoms with Gasteiger partial charge in [0.25, 0.3) is 0 Å². The van der Waals surface area contributed by atoms with E-state index in [0.717, 1.165) is 13.1 Å². The van der Waals surface area contributed by atoms with Gasteiger partial charge in [-0.25, -0.2) is 0 Å². The Balaban J connectivity index is 2.57. The average molecular weight is 141 g/mol. The number of nitrogens with zero attached hydrogens (tertiary/aromatic N) is 1. The second-order valence-corrected chi connectivity index (χ2v) is 3.43. The van der Waals surface area contributed by atoms with Gasteiger partial charge in [-0.15, -0.1) is 0 Å². The number of Topliss-reactive ketones (excluding diaryl/α,β-unsaturated/α-hetero) is 1. The second kappa shape index (κ2) is 2.70. The van der Waals surface area contributed by atoms with Crippen molar-refractivity contribution >= 4 is 5.78 Å². The topological polar surface area (TPSA) is 20.3 Å². The maximum absolute atomic E-state index is 11.2. The second-order valence-electron chi connectivity index (χ2n) is 3.43. The third kappa shape index (κ3) is 1.37. The molecular formula is C8H15NO. The molecule has 1 fully saturated rings. The Bertz CT molecular complexity index is 130. The van der Waals surface area contributed by atoms with Crippen molar-refractivity contribution in [2.75, 3.05) is 20.1 Å². The molecule has 0 saturated carbocycles. The lowest BCUT2D eigenvalue weighted by Gasteiger charge is -2.30. The Kier molecular flexibility index (Phi) is 2.09. The van der Waals surface area contributed by atoms with Crippen molar-refractivity contribution in [3.05, 3.63) is 0 Å². The number of rotatable bonds is 0. The minimum absolute atomic E-state index is 0.244. The first-order valence-corrected chi connectivity index (χ1v) is 3.83. The van der Waals surface area contributed by atoms with Crippen LogP contribution >= 0.6 is 0 Å². The number of hydrogen-bond acceptors (Lipinski definition) is 2.